The Labute approximate surface area is 199 Å². The Bertz CT molecular complexity index is 1010. The molecule has 2 saturated heterocycles. The number of carboxylic acids is 1. The maximum atomic E-state index is 13.1. The molecule has 6 aliphatic rings. The lowest BCUT2D eigenvalue weighted by Crippen LogP contribution is -2.65. The molecule has 0 amide bonds. The number of benzene rings is 1. The van der Waals surface area contributed by atoms with Crippen molar-refractivity contribution in [3.63, 3.8) is 0 Å². The molecule has 0 aromatic heterocycles. The van der Waals surface area contributed by atoms with Crippen molar-refractivity contribution in [3.05, 3.63) is 29.8 Å². The molecule has 2 spiro atoms. The summed E-state index contributed by atoms with van der Waals surface area (Å²) >= 11 is 0. The zero-order valence-corrected chi connectivity index (χ0v) is 19.9. The highest BCUT2D eigenvalue weighted by atomic mass is 32.2. The lowest BCUT2D eigenvalue weighted by atomic mass is 9.53. The quantitative estimate of drug-likeness (QED) is 0.623. The van der Waals surface area contributed by atoms with Gasteiger partial charge in [0.05, 0.1) is 4.90 Å². The van der Waals surface area contributed by atoms with Crippen LogP contribution in [-0.4, -0.2) is 48.5 Å². The zero-order valence-electron chi connectivity index (χ0n) is 19.1. The molecule has 0 atom stereocenters. The van der Waals surface area contributed by atoms with Gasteiger partial charge in [-0.25, -0.2) is 8.42 Å². The van der Waals surface area contributed by atoms with Gasteiger partial charge in [0.25, 0.3) is 0 Å². The van der Waals surface area contributed by atoms with E-state index in [1.54, 1.807) is 12.1 Å². The third-order valence-corrected chi connectivity index (χ3v) is 10.5. The first kappa shape index (κ1) is 22.9. The fraction of sp³-hybridized carbons (Fsp3) is 0.708. The number of sulfonamides is 1. The van der Waals surface area contributed by atoms with E-state index in [0.717, 1.165) is 43.1 Å². The molecule has 2 aliphatic heterocycles. The van der Waals surface area contributed by atoms with Gasteiger partial charge in [-0.3, -0.25) is 4.79 Å². The van der Waals surface area contributed by atoms with Gasteiger partial charge in [-0.2, -0.15) is 23.9 Å². The largest absolute Gasteiger partial charge is 0.481 e. The summed E-state index contributed by atoms with van der Waals surface area (Å²) in [6.07, 6.45) is 6.67. The smallest absolute Gasteiger partial charge is 0.303 e. The second-order valence-corrected chi connectivity index (χ2v) is 12.6. The molecule has 34 heavy (non-hydrogen) atoms. The number of rotatable bonds is 5. The monoisotopic (exact) mass is 493 g/mol. The van der Waals surface area contributed by atoms with Crippen LogP contribution in [0.3, 0.4) is 0 Å². The third-order valence-electron chi connectivity index (χ3n) is 8.60. The number of nitrogens with zero attached hydrogens (tertiary/aromatic N) is 1. The van der Waals surface area contributed by atoms with Crippen LogP contribution in [0, 0.1) is 23.7 Å². The van der Waals surface area contributed by atoms with Crippen LogP contribution < -0.4 is 0 Å². The Morgan fingerprint density at radius 1 is 0.912 bits per heavy atom. The van der Waals surface area contributed by atoms with E-state index in [1.807, 2.05) is 0 Å². The van der Waals surface area contributed by atoms with Gasteiger partial charge >= 0.3 is 5.97 Å². The van der Waals surface area contributed by atoms with Crippen molar-refractivity contribution in [2.45, 2.75) is 74.3 Å². The summed E-state index contributed by atoms with van der Waals surface area (Å²) in [6, 6.07) is 6.40. The summed E-state index contributed by atoms with van der Waals surface area (Å²) in [4.78, 5) is 34.8. The third kappa shape index (κ3) is 3.79. The summed E-state index contributed by atoms with van der Waals surface area (Å²) in [5.74, 6) is -0.684. The SMILES string of the molecule is O=C(O)CCc1ccc(S(=O)(=O)N2CCC3(CC2)OOC2(OO3)C3CC4CC(C3)CC2C4)cc1. The zero-order chi connectivity index (χ0) is 23.6. The van der Waals surface area contributed by atoms with E-state index >= 15 is 0 Å². The maximum Gasteiger partial charge on any atom is 0.303 e. The lowest BCUT2D eigenvalue weighted by molar-refractivity contribution is -0.680. The molecule has 1 aromatic carbocycles. The van der Waals surface area contributed by atoms with Crippen molar-refractivity contribution < 1.29 is 37.9 Å². The summed E-state index contributed by atoms with van der Waals surface area (Å²) in [7, 11) is -3.68. The van der Waals surface area contributed by atoms with Crippen LogP contribution in [0.5, 0.6) is 0 Å². The molecule has 9 nitrogen and oxygen atoms in total. The van der Waals surface area contributed by atoms with Crippen LogP contribution in [0.2, 0.25) is 0 Å². The lowest BCUT2D eigenvalue weighted by Gasteiger charge is -2.60. The number of carboxylic acid groups (broad SMARTS) is 1. The van der Waals surface area contributed by atoms with Crippen molar-refractivity contribution in [2.24, 2.45) is 23.7 Å². The van der Waals surface area contributed by atoms with Crippen molar-refractivity contribution in [1.82, 2.24) is 4.31 Å². The first-order valence-electron chi connectivity index (χ1n) is 12.3. The summed E-state index contributed by atoms with van der Waals surface area (Å²) in [5.41, 5.74) is 0.788. The van der Waals surface area contributed by atoms with Gasteiger partial charge in [-0.05, 0) is 68.1 Å². The number of aliphatic carboxylic acids is 1. The van der Waals surface area contributed by atoms with Crippen molar-refractivity contribution in [3.8, 4) is 0 Å². The number of aryl methyl sites for hydroxylation is 1. The number of piperidine rings is 1. The Hall–Kier alpha value is -1.56. The average Bonchev–Trinajstić information content (AvgIpc) is 2.83. The molecule has 2 heterocycles. The molecule has 6 fully saturated rings. The van der Waals surface area contributed by atoms with Crippen LogP contribution in [0.4, 0.5) is 0 Å². The second kappa shape index (κ2) is 8.25. The summed E-state index contributed by atoms with van der Waals surface area (Å²) in [6.45, 7) is 0.444. The van der Waals surface area contributed by atoms with Crippen LogP contribution in [0.25, 0.3) is 0 Å². The molecule has 10 heteroatoms. The molecular formula is C24H31NO8S. The van der Waals surface area contributed by atoms with Gasteiger partial charge in [0.15, 0.2) is 0 Å². The van der Waals surface area contributed by atoms with E-state index in [0.29, 0.717) is 31.1 Å². The van der Waals surface area contributed by atoms with Crippen molar-refractivity contribution in [2.75, 3.05) is 13.1 Å². The van der Waals surface area contributed by atoms with Crippen LogP contribution >= 0.6 is 0 Å². The van der Waals surface area contributed by atoms with Gasteiger partial charge in [0.1, 0.15) is 0 Å². The Morgan fingerprint density at radius 2 is 1.47 bits per heavy atom. The van der Waals surface area contributed by atoms with Gasteiger partial charge in [-0.1, -0.05) is 12.1 Å². The first-order chi connectivity index (χ1) is 16.3. The van der Waals surface area contributed by atoms with Crippen molar-refractivity contribution in [1.29, 1.82) is 0 Å². The molecule has 0 radical (unpaired) electrons. The number of hydrogen-bond acceptors (Lipinski definition) is 7. The van der Waals surface area contributed by atoms with Gasteiger partial charge in [0, 0.05) is 44.2 Å². The standard InChI is InChI=1S/C24H31NO8S/c26-22(27)6-3-16-1-4-21(5-2-16)34(28,29)25-9-7-23(8-10-25)30-32-24(33-31-23)19-12-17-11-18(14-19)15-20(24)13-17/h1-2,4-5,17-20H,3,6-15H2,(H,26,27). The summed E-state index contributed by atoms with van der Waals surface area (Å²) in [5, 5.41) is 8.82. The van der Waals surface area contributed by atoms with Gasteiger partial charge in [0.2, 0.25) is 21.6 Å². The molecule has 0 unspecified atom stereocenters. The highest BCUT2D eigenvalue weighted by Crippen LogP contribution is 2.61. The molecular weight excluding hydrogens is 462 g/mol. The van der Waals surface area contributed by atoms with E-state index in [2.05, 4.69) is 0 Å². The van der Waals surface area contributed by atoms with E-state index in [4.69, 9.17) is 24.7 Å². The minimum Gasteiger partial charge on any atom is -0.481 e. The van der Waals surface area contributed by atoms with E-state index in [9.17, 15) is 13.2 Å². The molecule has 4 bridgehead atoms. The average molecular weight is 494 g/mol. The van der Waals surface area contributed by atoms with Gasteiger partial charge in [-0.15, -0.1) is 0 Å². The predicted octanol–water partition coefficient (Wildman–Crippen LogP) is 3.25. The normalized spacial score (nSPS) is 34.0. The van der Waals surface area contributed by atoms with E-state index in [1.165, 1.54) is 22.9 Å². The minimum atomic E-state index is -3.68. The first-order valence-corrected chi connectivity index (χ1v) is 13.8. The Morgan fingerprint density at radius 3 is 2.00 bits per heavy atom. The van der Waals surface area contributed by atoms with E-state index < -0.39 is 27.6 Å². The maximum absolute atomic E-state index is 13.1. The topological polar surface area (TPSA) is 112 Å². The fourth-order valence-corrected chi connectivity index (χ4v) is 8.33. The number of hydrogen-bond donors (Lipinski definition) is 1. The fourth-order valence-electron chi connectivity index (χ4n) is 6.89. The highest BCUT2D eigenvalue weighted by molar-refractivity contribution is 7.89. The molecule has 4 aliphatic carbocycles. The molecule has 186 valence electrons. The summed E-state index contributed by atoms with van der Waals surface area (Å²) < 4.78 is 27.7. The molecule has 1 aromatic rings. The predicted molar refractivity (Wildman–Crippen MR) is 117 cm³/mol. The van der Waals surface area contributed by atoms with E-state index in [-0.39, 0.29) is 24.4 Å². The number of carbonyl (C=O) groups is 1. The second-order valence-electron chi connectivity index (χ2n) is 10.7. The van der Waals surface area contributed by atoms with Gasteiger partial charge < -0.3 is 5.11 Å². The van der Waals surface area contributed by atoms with Crippen LogP contribution in [0.15, 0.2) is 29.2 Å². The minimum absolute atomic E-state index is 0.00832. The Balaban J connectivity index is 1.08. The molecule has 7 rings (SSSR count). The highest BCUT2D eigenvalue weighted by Gasteiger charge is 2.64. The Kier molecular flexibility index (Phi) is 5.55. The molecule has 4 saturated carbocycles. The van der Waals surface area contributed by atoms with Crippen LogP contribution in [0.1, 0.15) is 56.9 Å². The van der Waals surface area contributed by atoms with Crippen molar-refractivity contribution >= 4 is 16.0 Å². The molecule has 1 N–H and O–H groups in total. The van der Waals surface area contributed by atoms with Crippen LogP contribution in [-0.2, 0) is 40.8 Å².